The summed E-state index contributed by atoms with van der Waals surface area (Å²) in [4.78, 5) is 12.4. The molecule has 2 aromatic carbocycles. The second-order valence-electron chi connectivity index (χ2n) is 5.10. The molecule has 0 unspecified atom stereocenters. The van der Waals surface area contributed by atoms with E-state index in [-0.39, 0.29) is 5.78 Å². The summed E-state index contributed by atoms with van der Waals surface area (Å²) < 4.78 is 6.23. The summed E-state index contributed by atoms with van der Waals surface area (Å²) in [5.41, 5.74) is 3.98. The SMILES string of the molecule is COc1ccc2c(c1)C=c1cc(Br)c3c(c1-2)C(=O)C=CC=3. The van der Waals surface area contributed by atoms with Crippen molar-refractivity contribution in [2.75, 3.05) is 7.11 Å². The van der Waals surface area contributed by atoms with Gasteiger partial charge < -0.3 is 4.74 Å². The lowest BCUT2D eigenvalue weighted by Gasteiger charge is -2.12. The minimum absolute atomic E-state index is 0.0575. The van der Waals surface area contributed by atoms with Gasteiger partial charge in [-0.25, -0.2) is 0 Å². The van der Waals surface area contributed by atoms with Crippen LogP contribution in [0.15, 0.2) is 40.9 Å². The average molecular weight is 339 g/mol. The lowest BCUT2D eigenvalue weighted by molar-refractivity contribution is 0.104. The predicted molar refractivity (Wildman–Crippen MR) is 86.9 cm³/mol. The van der Waals surface area contributed by atoms with E-state index in [0.29, 0.717) is 0 Å². The number of halogens is 1. The number of allylic oxidation sites excluding steroid dienone is 2. The first-order valence-corrected chi connectivity index (χ1v) is 7.44. The molecule has 0 N–H and O–H groups in total. The summed E-state index contributed by atoms with van der Waals surface area (Å²) in [6, 6.07) is 8.03. The van der Waals surface area contributed by atoms with Crippen LogP contribution in [-0.4, -0.2) is 12.9 Å². The van der Waals surface area contributed by atoms with Crippen LogP contribution in [0.5, 0.6) is 5.75 Å². The van der Waals surface area contributed by atoms with Crippen molar-refractivity contribution in [3.8, 4) is 16.9 Å². The van der Waals surface area contributed by atoms with Crippen molar-refractivity contribution in [2.24, 2.45) is 0 Å². The van der Waals surface area contributed by atoms with Gasteiger partial charge in [0.05, 0.1) is 7.11 Å². The van der Waals surface area contributed by atoms with Crippen LogP contribution in [0, 0.1) is 0 Å². The molecule has 2 nitrogen and oxygen atoms in total. The number of ether oxygens (including phenoxy) is 1. The molecule has 0 aromatic heterocycles. The maximum atomic E-state index is 12.4. The highest BCUT2D eigenvalue weighted by Gasteiger charge is 2.22. The van der Waals surface area contributed by atoms with Gasteiger partial charge in [0.1, 0.15) is 5.75 Å². The van der Waals surface area contributed by atoms with Gasteiger partial charge in [-0.1, -0.05) is 34.1 Å². The molecule has 4 rings (SSSR count). The molecule has 0 bridgehead atoms. The first kappa shape index (κ1) is 12.6. The van der Waals surface area contributed by atoms with Gasteiger partial charge in [-0.05, 0) is 46.7 Å². The first-order chi connectivity index (χ1) is 10.2. The van der Waals surface area contributed by atoms with Gasteiger partial charge in [-0.2, -0.15) is 0 Å². The van der Waals surface area contributed by atoms with Gasteiger partial charge in [0.2, 0.25) is 0 Å². The maximum absolute atomic E-state index is 12.4. The Labute approximate surface area is 130 Å². The molecule has 0 atom stereocenters. The minimum Gasteiger partial charge on any atom is -0.497 e. The molecule has 0 fully saturated rings. The molecule has 0 saturated carbocycles. The molecule has 0 saturated heterocycles. The Morgan fingerprint density at radius 1 is 1.14 bits per heavy atom. The highest BCUT2D eigenvalue weighted by atomic mass is 79.9. The zero-order valence-electron chi connectivity index (χ0n) is 11.3. The number of carbonyl (C=O) groups is 1. The van der Waals surface area contributed by atoms with Crippen LogP contribution >= 0.6 is 15.9 Å². The third kappa shape index (κ3) is 1.74. The Balaban J connectivity index is 2.12. The molecule has 3 heteroatoms. The zero-order valence-corrected chi connectivity index (χ0v) is 12.9. The Morgan fingerprint density at radius 2 is 2.00 bits per heavy atom. The molecular formula is C18H11BrO2. The van der Waals surface area contributed by atoms with Crippen LogP contribution in [0.3, 0.4) is 0 Å². The molecule has 2 aromatic rings. The second kappa shape index (κ2) is 4.43. The average Bonchev–Trinajstić information content (AvgIpc) is 2.84. The van der Waals surface area contributed by atoms with Crippen LogP contribution < -0.4 is 15.2 Å². The highest BCUT2D eigenvalue weighted by molar-refractivity contribution is 9.10. The van der Waals surface area contributed by atoms with Gasteiger partial charge >= 0.3 is 0 Å². The summed E-state index contributed by atoms with van der Waals surface area (Å²) >= 11 is 3.57. The summed E-state index contributed by atoms with van der Waals surface area (Å²) in [5, 5.41) is 2.03. The molecule has 0 heterocycles. The molecule has 2 aliphatic rings. The number of rotatable bonds is 1. The van der Waals surface area contributed by atoms with E-state index in [9.17, 15) is 4.79 Å². The van der Waals surface area contributed by atoms with E-state index in [1.54, 1.807) is 19.3 Å². The summed E-state index contributed by atoms with van der Waals surface area (Å²) in [6.07, 6.45) is 7.50. The van der Waals surface area contributed by atoms with E-state index in [1.807, 2.05) is 24.3 Å². The number of hydrogen-bond acceptors (Lipinski definition) is 2. The predicted octanol–water partition coefficient (Wildman–Crippen LogP) is 2.80. The molecule has 0 radical (unpaired) electrons. The van der Waals surface area contributed by atoms with Crippen LogP contribution in [-0.2, 0) is 0 Å². The van der Waals surface area contributed by atoms with Crippen molar-refractivity contribution in [3.63, 3.8) is 0 Å². The number of carbonyl (C=O) groups excluding carboxylic acids is 1. The Kier molecular flexibility index (Phi) is 2.66. The van der Waals surface area contributed by atoms with E-state index in [2.05, 4.69) is 28.1 Å². The molecule has 0 aliphatic heterocycles. The number of hydrogen-bond donors (Lipinski definition) is 0. The molecule has 0 amide bonds. The number of methoxy groups -OCH3 is 1. The van der Waals surface area contributed by atoms with E-state index in [0.717, 1.165) is 42.9 Å². The van der Waals surface area contributed by atoms with Crippen LogP contribution in [0.1, 0.15) is 15.9 Å². The largest absolute Gasteiger partial charge is 0.497 e. The normalized spacial score (nSPS) is 13.9. The van der Waals surface area contributed by atoms with Gasteiger partial charge in [-0.3, -0.25) is 4.79 Å². The number of benzene rings is 2. The topological polar surface area (TPSA) is 26.3 Å². The van der Waals surface area contributed by atoms with Crippen LogP contribution in [0.25, 0.3) is 23.3 Å². The Morgan fingerprint density at radius 3 is 2.81 bits per heavy atom. The third-order valence-electron chi connectivity index (χ3n) is 3.94. The fraction of sp³-hybridized carbons (Fsp3) is 0.0556. The standard InChI is InChI=1S/C18H11BrO2/c1-21-12-5-6-13-10(8-12)7-11-9-15(19)14-3-2-4-16(20)18(14)17(11)13/h2-9H,1H3. The van der Waals surface area contributed by atoms with E-state index < -0.39 is 0 Å². The lowest BCUT2D eigenvalue weighted by Crippen LogP contribution is -2.24. The van der Waals surface area contributed by atoms with Crippen molar-refractivity contribution < 1.29 is 9.53 Å². The highest BCUT2D eigenvalue weighted by Crippen LogP contribution is 2.32. The molecule has 21 heavy (non-hydrogen) atoms. The van der Waals surface area contributed by atoms with Gasteiger partial charge in [0, 0.05) is 20.8 Å². The van der Waals surface area contributed by atoms with Gasteiger partial charge in [-0.15, -0.1) is 0 Å². The summed E-state index contributed by atoms with van der Waals surface area (Å²) in [6.45, 7) is 0. The number of ketones is 1. The zero-order chi connectivity index (χ0) is 14.6. The summed E-state index contributed by atoms with van der Waals surface area (Å²) in [7, 11) is 1.66. The van der Waals surface area contributed by atoms with Gasteiger partial charge in [0.25, 0.3) is 0 Å². The Bertz CT molecular complexity index is 952. The first-order valence-electron chi connectivity index (χ1n) is 6.64. The Hall–Kier alpha value is -2.13. The smallest absolute Gasteiger partial charge is 0.187 e. The third-order valence-corrected chi connectivity index (χ3v) is 4.60. The quantitative estimate of drug-likeness (QED) is 0.682. The fourth-order valence-electron chi connectivity index (χ4n) is 3.01. The van der Waals surface area contributed by atoms with Crippen molar-refractivity contribution in [1.82, 2.24) is 0 Å². The summed E-state index contributed by atoms with van der Waals surface area (Å²) in [5.74, 6) is 0.880. The van der Waals surface area contributed by atoms with E-state index in [4.69, 9.17) is 4.74 Å². The molecular weight excluding hydrogens is 328 g/mol. The molecule has 102 valence electrons. The molecule has 2 aliphatic carbocycles. The maximum Gasteiger partial charge on any atom is 0.187 e. The van der Waals surface area contributed by atoms with E-state index >= 15 is 0 Å². The van der Waals surface area contributed by atoms with Crippen molar-refractivity contribution in [1.29, 1.82) is 0 Å². The monoisotopic (exact) mass is 338 g/mol. The van der Waals surface area contributed by atoms with Crippen molar-refractivity contribution in [3.05, 3.63) is 62.5 Å². The van der Waals surface area contributed by atoms with E-state index in [1.165, 1.54) is 0 Å². The van der Waals surface area contributed by atoms with Crippen molar-refractivity contribution >= 4 is 33.9 Å². The van der Waals surface area contributed by atoms with Crippen LogP contribution in [0.4, 0.5) is 0 Å². The minimum atomic E-state index is 0.0575. The second-order valence-corrected chi connectivity index (χ2v) is 5.95. The van der Waals surface area contributed by atoms with Crippen LogP contribution in [0.2, 0.25) is 0 Å². The fourth-order valence-corrected chi connectivity index (χ4v) is 3.58. The van der Waals surface area contributed by atoms with Crippen molar-refractivity contribution in [2.45, 2.75) is 0 Å². The number of fused-ring (bicyclic) bond motifs is 5. The molecule has 0 spiro atoms. The van der Waals surface area contributed by atoms with Gasteiger partial charge in [0.15, 0.2) is 5.78 Å². The lowest BCUT2D eigenvalue weighted by atomic mass is 9.93.